The molecule has 0 nitrogen and oxygen atoms in total. The second-order valence-electron chi connectivity index (χ2n) is 5.41. The van der Waals surface area contributed by atoms with Crippen molar-refractivity contribution in [3.05, 3.63) is 81.7 Å². The van der Waals surface area contributed by atoms with Crippen LogP contribution in [-0.2, 0) is 0 Å². The Balaban J connectivity index is 1.88. The second-order valence-corrected chi connectivity index (χ2v) is 7.24. The van der Waals surface area contributed by atoms with Crippen LogP contribution in [0.2, 0.25) is 0 Å². The van der Waals surface area contributed by atoms with Crippen LogP contribution in [0.3, 0.4) is 0 Å². The minimum absolute atomic E-state index is 1.11. The third-order valence-corrected chi connectivity index (χ3v) is 4.92. The summed E-state index contributed by atoms with van der Waals surface area (Å²) in [4.78, 5) is 0. The quantitative estimate of drug-likeness (QED) is 0.311. The van der Waals surface area contributed by atoms with Crippen LogP contribution in [0.1, 0.15) is 0 Å². The maximum Gasteiger partial charge on any atom is 0.0181 e. The predicted molar refractivity (Wildman–Crippen MR) is 102 cm³/mol. The van der Waals surface area contributed by atoms with Gasteiger partial charge in [0.25, 0.3) is 0 Å². The van der Waals surface area contributed by atoms with Crippen LogP contribution in [-0.4, -0.2) is 0 Å². The molecule has 106 valence electrons. The van der Waals surface area contributed by atoms with E-state index in [1.165, 1.54) is 32.7 Å². The molecule has 0 N–H and O–H groups in total. The van der Waals surface area contributed by atoms with Gasteiger partial charge in [-0.1, -0.05) is 68.3 Å². The maximum atomic E-state index is 3.55. The van der Waals surface area contributed by atoms with Crippen molar-refractivity contribution >= 4 is 53.4 Å². The minimum atomic E-state index is 1.11. The number of hydrogen-bond donors (Lipinski definition) is 0. The van der Waals surface area contributed by atoms with Gasteiger partial charge < -0.3 is 0 Å². The van der Waals surface area contributed by atoms with Crippen LogP contribution < -0.4 is 0 Å². The van der Waals surface area contributed by atoms with Gasteiger partial charge in [0, 0.05) is 8.95 Å². The topological polar surface area (TPSA) is 0 Å². The van der Waals surface area contributed by atoms with E-state index in [4.69, 9.17) is 0 Å². The lowest BCUT2D eigenvalue weighted by atomic mass is 9.99. The SMILES string of the molecule is Brc1ccc2cc(-c3ccc4ccc(Br)cc4c3)ccc2c1. The van der Waals surface area contributed by atoms with Gasteiger partial charge in [0.15, 0.2) is 0 Å². The van der Waals surface area contributed by atoms with Gasteiger partial charge in [-0.2, -0.15) is 0 Å². The summed E-state index contributed by atoms with van der Waals surface area (Å²) in [6, 6.07) is 26.0. The summed E-state index contributed by atoms with van der Waals surface area (Å²) in [7, 11) is 0. The average Bonchev–Trinajstić information content (AvgIpc) is 2.53. The molecule has 4 aromatic carbocycles. The third kappa shape index (κ3) is 2.57. The van der Waals surface area contributed by atoms with Crippen molar-refractivity contribution in [3.8, 4) is 11.1 Å². The van der Waals surface area contributed by atoms with Crippen molar-refractivity contribution in [2.75, 3.05) is 0 Å². The van der Waals surface area contributed by atoms with Gasteiger partial charge in [-0.05, 0) is 69.1 Å². The predicted octanol–water partition coefficient (Wildman–Crippen LogP) is 7.19. The molecule has 0 aliphatic carbocycles. The smallest absolute Gasteiger partial charge is 0.0181 e. The molecule has 0 heterocycles. The molecule has 0 radical (unpaired) electrons. The van der Waals surface area contributed by atoms with E-state index in [1.807, 2.05) is 0 Å². The summed E-state index contributed by atoms with van der Waals surface area (Å²) in [5.41, 5.74) is 2.49. The van der Waals surface area contributed by atoms with Crippen molar-refractivity contribution < 1.29 is 0 Å². The third-order valence-electron chi connectivity index (χ3n) is 3.94. The molecule has 0 fully saturated rings. The molecule has 0 saturated heterocycles. The molecule has 0 aliphatic heterocycles. The fourth-order valence-electron chi connectivity index (χ4n) is 2.79. The molecule has 0 amide bonds. The van der Waals surface area contributed by atoms with Gasteiger partial charge in [0.05, 0.1) is 0 Å². The number of hydrogen-bond acceptors (Lipinski definition) is 0. The fourth-order valence-corrected chi connectivity index (χ4v) is 3.55. The van der Waals surface area contributed by atoms with Crippen molar-refractivity contribution in [1.29, 1.82) is 0 Å². The number of rotatable bonds is 1. The standard InChI is InChI=1S/C20H12Br2/c21-19-8-6-16-9-14(3-4-17(16)11-19)15-2-1-13-5-7-20(22)12-18(13)10-15/h1-12H. The zero-order valence-corrected chi connectivity index (χ0v) is 14.9. The lowest BCUT2D eigenvalue weighted by Crippen LogP contribution is -1.81. The van der Waals surface area contributed by atoms with E-state index in [9.17, 15) is 0 Å². The molecular formula is C20H12Br2. The summed E-state index contributed by atoms with van der Waals surface area (Å²) >= 11 is 7.07. The molecule has 4 aromatic rings. The van der Waals surface area contributed by atoms with Crippen molar-refractivity contribution in [1.82, 2.24) is 0 Å². The van der Waals surface area contributed by atoms with E-state index >= 15 is 0 Å². The largest absolute Gasteiger partial charge is 0.0538 e. The average molecular weight is 412 g/mol. The Morgan fingerprint density at radius 3 is 1.59 bits per heavy atom. The molecule has 2 heteroatoms. The molecule has 0 bridgehead atoms. The molecule has 0 unspecified atom stereocenters. The monoisotopic (exact) mass is 410 g/mol. The highest BCUT2D eigenvalue weighted by Gasteiger charge is 2.03. The molecule has 4 rings (SSSR count). The Morgan fingerprint density at radius 1 is 0.409 bits per heavy atom. The molecule has 0 aliphatic rings. The van der Waals surface area contributed by atoms with Crippen LogP contribution in [0.5, 0.6) is 0 Å². The Morgan fingerprint density at radius 2 is 0.864 bits per heavy atom. The Labute approximate surface area is 146 Å². The van der Waals surface area contributed by atoms with Crippen LogP contribution in [0.4, 0.5) is 0 Å². The Hall–Kier alpha value is -1.64. The molecule has 0 aromatic heterocycles. The summed E-state index contributed by atoms with van der Waals surface area (Å²) in [6.07, 6.45) is 0. The van der Waals surface area contributed by atoms with Gasteiger partial charge in [0.2, 0.25) is 0 Å². The first-order valence-electron chi connectivity index (χ1n) is 7.08. The van der Waals surface area contributed by atoms with Crippen LogP contribution in [0.25, 0.3) is 32.7 Å². The number of benzene rings is 4. The van der Waals surface area contributed by atoms with Crippen LogP contribution in [0, 0.1) is 0 Å². The van der Waals surface area contributed by atoms with Crippen LogP contribution in [0.15, 0.2) is 81.7 Å². The van der Waals surface area contributed by atoms with Crippen LogP contribution >= 0.6 is 31.9 Å². The fraction of sp³-hybridized carbons (Fsp3) is 0. The molecule has 22 heavy (non-hydrogen) atoms. The highest BCUT2D eigenvalue weighted by Crippen LogP contribution is 2.29. The normalized spacial score (nSPS) is 11.2. The minimum Gasteiger partial charge on any atom is -0.0538 e. The van der Waals surface area contributed by atoms with Crippen molar-refractivity contribution in [2.24, 2.45) is 0 Å². The van der Waals surface area contributed by atoms with E-state index in [1.54, 1.807) is 0 Å². The van der Waals surface area contributed by atoms with Gasteiger partial charge in [-0.3, -0.25) is 0 Å². The first kappa shape index (κ1) is 14.0. The first-order valence-corrected chi connectivity index (χ1v) is 8.67. The number of fused-ring (bicyclic) bond motifs is 2. The molecule has 0 atom stereocenters. The summed E-state index contributed by atoms with van der Waals surface area (Å²) in [6.45, 7) is 0. The zero-order valence-electron chi connectivity index (χ0n) is 11.7. The lowest BCUT2D eigenvalue weighted by molar-refractivity contribution is 1.65. The van der Waals surface area contributed by atoms with Gasteiger partial charge in [0.1, 0.15) is 0 Å². The zero-order chi connectivity index (χ0) is 15.1. The van der Waals surface area contributed by atoms with E-state index < -0.39 is 0 Å². The maximum absolute atomic E-state index is 3.55. The van der Waals surface area contributed by atoms with E-state index in [0.717, 1.165) is 8.95 Å². The highest BCUT2D eigenvalue weighted by atomic mass is 79.9. The lowest BCUT2D eigenvalue weighted by Gasteiger charge is -2.07. The van der Waals surface area contributed by atoms with Crippen molar-refractivity contribution in [3.63, 3.8) is 0 Å². The van der Waals surface area contributed by atoms with Crippen molar-refractivity contribution in [2.45, 2.75) is 0 Å². The molecule has 0 spiro atoms. The number of halogens is 2. The Kier molecular flexibility index (Phi) is 3.51. The van der Waals surface area contributed by atoms with E-state index in [-0.39, 0.29) is 0 Å². The summed E-state index contributed by atoms with van der Waals surface area (Å²) in [5, 5.41) is 5.02. The van der Waals surface area contributed by atoms with E-state index in [2.05, 4.69) is 105 Å². The highest BCUT2D eigenvalue weighted by molar-refractivity contribution is 9.10. The molecular weight excluding hydrogens is 400 g/mol. The Bertz CT molecular complexity index is 1000. The van der Waals surface area contributed by atoms with E-state index in [0.29, 0.717) is 0 Å². The second kappa shape index (κ2) is 5.53. The first-order chi connectivity index (χ1) is 10.7. The summed E-state index contributed by atoms with van der Waals surface area (Å²) in [5.74, 6) is 0. The van der Waals surface area contributed by atoms with Gasteiger partial charge >= 0.3 is 0 Å². The van der Waals surface area contributed by atoms with Gasteiger partial charge in [-0.15, -0.1) is 0 Å². The van der Waals surface area contributed by atoms with Gasteiger partial charge in [-0.25, -0.2) is 0 Å². The summed E-state index contributed by atoms with van der Waals surface area (Å²) < 4.78 is 2.23. The molecule has 0 saturated carbocycles.